The lowest BCUT2D eigenvalue weighted by molar-refractivity contribution is -0.156. The zero-order valence-electron chi connectivity index (χ0n) is 20.3. The van der Waals surface area contributed by atoms with Crippen molar-refractivity contribution in [2.75, 3.05) is 0 Å². The van der Waals surface area contributed by atoms with Crippen LogP contribution in [0.25, 0.3) is 0 Å². The SMILES string of the molecule is C=C1[C@@H](C)[C@H]2[C@H](Cc3ccccc3)NC(=O)[C@@]23C(=O)C[C@@H](O)[C@@](C)(O)CC(C)C/C=C/[C@H]3[C@@H]1O. The summed E-state index contributed by atoms with van der Waals surface area (Å²) in [4.78, 5) is 27.9. The number of Topliss-reactive ketones (excluding diaryl/α,β-unsaturated/α-hetero) is 1. The average molecular weight is 468 g/mol. The fourth-order valence-corrected chi connectivity index (χ4v) is 6.69. The summed E-state index contributed by atoms with van der Waals surface area (Å²) >= 11 is 0. The van der Waals surface area contributed by atoms with Crippen LogP contribution < -0.4 is 5.32 Å². The third-order valence-corrected chi connectivity index (χ3v) is 8.52. The van der Waals surface area contributed by atoms with Gasteiger partial charge < -0.3 is 20.6 Å². The molecular weight excluding hydrogens is 430 g/mol. The molecule has 0 bridgehead atoms. The first-order chi connectivity index (χ1) is 16.0. The van der Waals surface area contributed by atoms with E-state index in [0.717, 1.165) is 5.56 Å². The topological polar surface area (TPSA) is 107 Å². The van der Waals surface area contributed by atoms with Gasteiger partial charge in [-0.15, -0.1) is 0 Å². The molecule has 2 aliphatic carbocycles. The van der Waals surface area contributed by atoms with Crippen LogP contribution in [0.4, 0.5) is 0 Å². The van der Waals surface area contributed by atoms with Crippen molar-refractivity contribution in [1.82, 2.24) is 5.32 Å². The van der Waals surface area contributed by atoms with E-state index < -0.39 is 46.8 Å². The van der Waals surface area contributed by atoms with Crippen molar-refractivity contribution >= 4 is 11.7 Å². The van der Waals surface area contributed by atoms with Gasteiger partial charge in [0.05, 0.1) is 17.8 Å². The van der Waals surface area contributed by atoms with Crippen LogP contribution in [0.1, 0.15) is 45.6 Å². The smallest absolute Gasteiger partial charge is 0.235 e. The highest BCUT2D eigenvalue weighted by Crippen LogP contribution is 2.57. The van der Waals surface area contributed by atoms with Crippen LogP contribution in [0.2, 0.25) is 0 Å². The molecule has 3 aliphatic rings. The maximum absolute atomic E-state index is 14.1. The zero-order chi connectivity index (χ0) is 24.8. The number of allylic oxidation sites excluding steroid dienone is 1. The summed E-state index contributed by atoms with van der Waals surface area (Å²) in [6, 6.07) is 9.48. The van der Waals surface area contributed by atoms with Gasteiger partial charge in [-0.1, -0.05) is 62.9 Å². The second-order valence-corrected chi connectivity index (χ2v) is 11.0. The number of carbonyl (C=O) groups excluding carboxylic acids is 2. The van der Waals surface area contributed by atoms with Crippen LogP contribution in [-0.2, 0) is 16.0 Å². The van der Waals surface area contributed by atoms with Gasteiger partial charge >= 0.3 is 0 Å². The molecule has 4 N–H and O–H groups in total. The zero-order valence-corrected chi connectivity index (χ0v) is 20.3. The van der Waals surface area contributed by atoms with Gasteiger partial charge in [0.2, 0.25) is 5.91 Å². The minimum absolute atomic E-state index is 0.0481. The van der Waals surface area contributed by atoms with Gasteiger partial charge in [0.25, 0.3) is 0 Å². The minimum Gasteiger partial charge on any atom is -0.390 e. The highest BCUT2D eigenvalue weighted by atomic mass is 16.3. The van der Waals surface area contributed by atoms with Gasteiger partial charge in [-0.05, 0) is 49.2 Å². The molecule has 6 heteroatoms. The number of amides is 1. The monoisotopic (exact) mass is 467 g/mol. The van der Waals surface area contributed by atoms with Crippen molar-refractivity contribution in [2.24, 2.45) is 29.1 Å². The number of hydrogen-bond donors (Lipinski definition) is 4. The third kappa shape index (κ3) is 3.96. The number of benzene rings is 1. The second-order valence-electron chi connectivity index (χ2n) is 11.0. The molecule has 1 saturated heterocycles. The molecule has 6 nitrogen and oxygen atoms in total. The Morgan fingerprint density at radius 3 is 2.50 bits per heavy atom. The number of nitrogens with one attached hydrogen (secondary N) is 1. The Morgan fingerprint density at radius 1 is 1.15 bits per heavy atom. The molecule has 184 valence electrons. The number of carbonyl (C=O) groups is 2. The predicted molar refractivity (Wildman–Crippen MR) is 130 cm³/mol. The highest BCUT2D eigenvalue weighted by molar-refractivity contribution is 6.09. The molecule has 0 radical (unpaired) electrons. The molecule has 34 heavy (non-hydrogen) atoms. The summed E-state index contributed by atoms with van der Waals surface area (Å²) in [5.74, 6) is -2.30. The van der Waals surface area contributed by atoms with Crippen molar-refractivity contribution in [3.05, 3.63) is 60.2 Å². The molecule has 1 spiro atoms. The van der Waals surface area contributed by atoms with E-state index in [1.165, 1.54) is 0 Å². The normalized spacial score (nSPS) is 43.9. The van der Waals surface area contributed by atoms with E-state index in [4.69, 9.17) is 0 Å². The van der Waals surface area contributed by atoms with Gasteiger partial charge in [-0.3, -0.25) is 9.59 Å². The summed E-state index contributed by atoms with van der Waals surface area (Å²) in [5, 5.41) is 36.2. The first-order valence-corrected chi connectivity index (χ1v) is 12.3. The Labute approximate surface area is 201 Å². The van der Waals surface area contributed by atoms with E-state index in [2.05, 4.69) is 11.9 Å². The van der Waals surface area contributed by atoms with Crippen molar-refractivity contribution < 1.29 is 24.9 Å². The van der Waals surface area contributed by atoms with Gasteiger partial charge in [0, 0.05) is 24.3 Å². The summed E-state index contributed by atoms with van der Waals surface area (Å²) in [6.45, 7) is 9.60. The number of ketones is 1. The number of aliphatic hydroxyl groups is 3. The Hall–Kier alpha value is -2.28. The van der Waals surface area contributed by atoms with E-state index >= 15 is 0 Å². The van der Waals surface area contributed by atoms with Crippen LogP contribution in [0.5, 0.6) is 0 Å². The van der Waals surface area contributed by atoms with E-state index in [-0.39, 0.29) is 24.3 Å². The van der Waals surface area contributed by atoms with Gasteiger partial charge in [0.1, 0.15) is 5.41 Å². The Balaban J connectivity index is 1.84. The Morgan fingerprint density at radius 2 is 1.82 bits per heavy atom. The van der Waals surface area contributed by atoms with E-state index in [9.17, 15) is 24.9 Å². The molecule has 9 atom stereocenters. The van der Waals surface area contributed by atoms with Crippen molar-refractivity contribution in [3.8, 4) is 0 Å². The van der Waals surface area contributed by atoms with Crippen LogP contribution in [-0.4, -0.2) is 50.9 Å². The summed E-state index contributed by atoms with van der Waals surface area (Å²) in [6.07, 6.45) is 2.46. The van der Waals surface area contributed by atoms with Crippen molar-refractivity contribution in [1.29, 1.82) is 0 Å². The average Bonchev–Trinajstić information content (AvgIpc) is 3.06. The van der Waals surface area contributed by atoms with E-state index in [1.54, 1.807) is 13.0 Å². The summed E-state index contributed by atoms with van der Waals surface area (Å²) in [7, 11) is 0. The van der Waals surface area contributed by atoms with Gasteiger partial charge in [0.15, 0.2) is 5.78 Å². The maximum Gasteiger partial charge on any atom is 0.235 e. The van der Waals surface area contributed by atoms with Gasteiger partial charge in [-0.25, -0.2) is 0 Å². The highest BCUT2D eigenvalue weighted by Gasteiger charge is 2.68. The Kier molecular flexibility index (Phi) is 6.62. The molecule has 1 heterocycles. The molecule has 1 unspecified atom stereocenters. The number of hydrogen-bond acceptors (Lipinski definition) is 5. The number of aliphatic hydroxyl groups excluding tert-OH is 2. The number of rotatable bonds is 2. The maximum atomic E-state index is 14.1. The molecule has 1 aromatic carbocycles. The van der Waals surface area contributed by atoms with E-state index in [1.807, 2.05) is 50.3 Å². The van der Waals surface area contributed by atoms with Crippen LogP contribution >= 0.6 is 0 Å². The lowest BCUT2D eigenvalue weighted by atomic mass is 9.51. The predicted octanol–water partition coefficient (Wildman–Crippen LogP) is 2.57. The fourth-order valence-electron chi connectivity index (χ4n) is 6.69. The summed E-state index contributed by atoms with van der Waals surface area (Å²) < 4.78 is 0. The first-order valence-electron chi connectivity index (χ1n) is 12.3. The van der Waals surface area contributed by atoms with Crippen molar-refractivity contribution in [2.45, 2.75) is 70.3 Å². The molecule has 1 aliphatic heterocycles. The minimum atomic E-state index is -1.54. The lowest BCUT2D eigenvalue weighted by Crippen LogP contribution is -2.59. The van der Waals surface area contributed by atoms with Gasteiger partial charge in [-0.2, -0.15) is 0 Å². The standard InChI is InChI=1S/C28H37NO5/c1-16-9-8-12-20-25(32)18(3)17(2)24-21(13-19-10-6-5-7-11-19)29-26(33)28(20,24)23(31)14-22(30)27(4,34)15-16/h5-8,10-12,16-17,20-22,24-25,30,32,34H,3,9,13-15H2,1-2,4H3,(H,29,33)/b12-8+/t16?,17-,20+,21+,22-,24+,25-,27+,28+/m1/s1. The first kappa shape index (κ1) is 24.8. The second kappa shape index (κ2) is 9.06. The van der Waals surface area contributed by atoms with Crippen molar-refractivity contribution in [3.63, 3.8) is 0 Å². The molecule has 1 amide bonds. The van der Waals surface area contributed by atoms with E-state index in [0.29, 0.717) is 24.8 Å². The van der Waals surface area contributed by atoms with Crippen LogP contribution in [0, 0.1) is 29.1 Å². The van der Waals surface area contributed by atoms with Crippen LogP contribution in [0.15, 0.2) is 54.6 Å². The van der Waals surface area contributed by atoms with Crippen LogP contribution in [0.3, 0.4) is 0 Å². The molecule has 4 rings (SSSR count). The largest absolute Gasteiger partial charge is 0.390 e. The summed E-state index contributed by atoms with van der Waals surface area (Å²) in [5.41, 5.74) is -1.34. The Bertz CT molecular complexity index is 986. The molecule has 0 aromatic heterocycles. The molecule has 1 saturated carbocycles. The fraction of sp³-hybridized carbons (Fsp3) is 0.571. The molecular formula is C28H37NO5. The quantitative estimate of drug-likeness (QED) is 0.395. The third-order valence-electron chi connectivity index (χ3n) is 8.52. The molecule has 2 fully saturated rings. The lowest BCUT2D eigenvalue weighted by Gasteiger charge is -2.49. The molecule has 1 aromatic rings.